The topological polar surface area (TPSA) is 80.5 Å². The van der Waals surface area contributed by atoms with Crippen LogP contribution in [-0.2, 0) is 4.74 Å². The van der Waals surface area contributed by atoms with Gasteiger partial charge in [-0.25, -0.2) is 9.78 Å². The zero-order chi connectivity index (χ0) is 18.5. The SMILES string of the molecule is C=C/C(=C\C)OC(=O)Nc1cc(NC2CCCCC2)nc2c(Br)cnn12. The van der Waals surface area contributed by atoms with Gasteiger partial charge < -0.3 is 10.1 Å². The van der Waals surface area contributed by atoms with Crippen LogP contribution in [0.4, 0.5) is 16.4 Å². The van der Waals surface area contributed by atoms with Crippen LogP contribution < -0.4 is 10.6 Å². The van der Waals surface area contributed by atoms with Gasteiger partial charge >= 0.3 is 6.09 Å². The monoisotopic (exact) mass is 419 g/mol. The Bertz CT molecular complexity index is 839. The Balaban J connectivity index is 1.85. The predicted octanol–water partition coefficient (Wildman–Crippen LogP) is 4.87. The molecule has 1 aliphatic rings. The largest absolute Gasteiger partial charge is 0.418 e. The molecule has 0 aliphatic heterocycles. The number of hydrogen-bond donors (Lipinski definition) is 2. The van der Waals surface area contributed by atoms with Gasteiger partial charge in [0.25, 0.3) is 0 Å². The average molecular weight is 420 g/mol. The number of allylic oxidation sites excluding steroid dienone is 2. The molecule has 1 amide bonds. The highest BCUT2D eigenvalue weighted by molar-refractivity contribution is 9.10. The molecule has 0 bridgehead atoms. The van der Waals surface area contributed by atoms with Crippen LogP contribution in [-0.4, -0.2) is 26.7 Å². The number of halogens is 1. The highest BCUT2D eigenvalue weighted by Gasteiger charge is 2.17. The third kappa shape index (κ3) is 4.24. The van der Waals surface area contributed by atoms with E-state index >= 15 is 0 Å². The number of amides is 1. The molecule has 7 nitrogen and oxygen atoms in total. The molecule has 2 heterocycles. The van der Waals surface area contributed by atoms with Crippen LogP contribution in [0.15, 0.2) is 41.2 Å². The summed E-state index contributed by atoms with van der Waals surface area (Å²) in [7, 11) is 0. The second-order valence-electron chi connectivity index (χ2n) is 6.14. The Morgan fingerprint density at radius 2 is 2.19 bits per heavy atom. The summed E-state index contributed by atoms with van der Waals surface area (Å²) in [6.07, 6.45) is 10.2. The molecule has 1 saturated carbocycles. The standard InChI is InChI=1S/C18H22BrN5O2/c1-3-13(4-2)26-18(25)23-16-10-15(21-12-8-6-5-7-9-12)22-17-14(19)11-20-24(16)17/h3-4,10-12H,1,5-9H2,2H3,(H,21,22)(H,23,25)/b13-4+. The Morgan fingerprint density at radius 3 is 2.88 bits per heavy atom. The second kappa shape index (κ2) is 8.35. The fourth-order valence-corrected chi connectivity index (χ4v) is 3.36. The second-order valence-corrected chi connectivity index (χ2v) is 7.00. The quantitative estimate of drug-likeness (QED) is 0.533. The van der Waals surface area contributed by atoms with Crippen molar-refractivity contribution in [3.63, 3.8) is 0 Å². The number of aromatic nitrogens is 3. The minimum atomic E-state index is -0.610. The van der Waals surface area contributed by atoms with Gasteiger partial charge in [0.05, 0.1) is 10.7 Å². The van der Waals surface area contributed by atoms with Crippen LogP contribution >= 0.6 is 15.9 Å². The minimum Gasteiger partial charge on any atom is -0.410 e. The molecule has 0 radical (unpaired) electrons. The van der Waals surface area contributed by atoms with Crippen molar-refractivity contribution >= 4 is 39.3 Å². The van der Waals surface area contributed by atoms with E-state index in [-0.39, 0.29) is 0 Å². The molecule has 0 aromatic carbocycles. The summed E-state index contributed by atoms with van der Waals surface area (Å²) in [6, 6.07) is 2.17. The lowest BCUT2D eigenvalue weighted by molar-refractivity contribution is 0.194. The van der Waals surface area contributed by atoms with E-state index in [2.05, 4.69) is 43.2 Å². The number of hydrogen-bond acceptors (Lipinski definition) is 5. The van der Waals surface area contributed by atoms with Crippen molar-refractivity contribution in [2.75, 3.05) is 10.6 Å². The van der Waals surface area contributed by atoms with Crippen molar-refractivity contribution in [1.29, 1.82) is 0 Å². The zero-order valence-electron chi connectivity index (χ0n) is 14.7. The number of anilines is 2. The Morgan fingerprint density at radius 1 is 1.42 bits per heavy atom. The van der Waals surface area contributed by atoms with E-state index in [1.165, 1.54) is 25.3 Å². The number of rotatable bonds is 5. The van der Waals surface area contributed by atoms with Crippen molar-refractivity contribution in [3.05, 3.63) is 41.2 Å². The fraction of sp³-hybridized carbons (Fsp3) is 0.389. The Labute approximate surface area is 160 Å². The molecule has 1 fully saturated rings. The van der Waals surface area contributed by atoms with Crippen molar-refractivity contribution < 1.29 is 9.53 Å². The maximum Gasteiger partial charge on any atom is 0.418 e. The van der Waals surface area contributed by atoms with Gasteiger partial charge in [0.2, 0.25) is 0 Å². The van der Waals surface area contributed by atoms with Crippen molar-refractivity contribution in [2.45, 2.75) is 45.1 Å². The molecule has 0 spiro atoms. The van der Waals surface area contributed by atoms with E-state index in [9.17, 15) is 4.79 Å². The van der Waals surface area contributed by atoms with Crippen LogP contribution in [0.5, 0.6) is 0 Å². The third-order valence-corrected chi connectivity index (χ3v) is 4.87. The van der Waals surface area contributed by atoms with Gasteiger partial charge in [-0.1, -0.05) is 25.8 Å². The normalized spacial score (nSPS) is 15.7. The molecule has 0 unspecified atom stereocenters. The van der Waals surface area contributed by atoms with Gasteiger partial charge in [-0.15, -0.1) is 0 Å². The summed E-state index contributed by atoms with van der Waals surface area (Å²) >= 11 is 3.45. The molecule has 2 aromatic heterocycles. The smallest absolute Gasteiger partial charge is 0.410 e. The predicted molar refractivity (Wildman–Crippen MR) is 105 cm³/mol. The average Bonchev–Trinajstić information content (AvgIpc) is 3.02. The molecule has 2 aromatic rings. The summed E-state index contributed by atoms with van der Waals surface area (Å²) < 4.78 is 7.51. The third-order valence-electron chi connectivity index (χ3n) is 4.31. The number of nitrogens with zero attached hydrogens (tertiary/aromatic N) is 3. The van der Waals surface area contributed by atoms with Gasteiger partial charge in [-0.05, 0) is 47.8 Å². The molecule has 1 aliphatic carbocycles. The van der Waals surface area contributed by atoms with Gasteiger partial charge in [0.1, 0.15) is 17.4 Å². The summed E-state index contributed by atoms with van der Waals surface area (Å²) in [5, 5.41) is 10.5. The number of fused-ring (bicyclic) bond motifs is 1. The Kier molecular flexibility index (Phi) is 5.92. The number of ether oxygens (including phenoxy) is 1. The molecule has 0 atom stereocenters. The van der Waals surface area contributed by atoms with E-state index < -0.39 is 6.09 Å². The van der Waals surface area contributed by atoms with E-state index in [0.717, 1.165) is 17.3 Å². The van der Waals surface area contributed by atoms with Crippen LogP contribution in [0.1, 0.15) is 39.0 Å². The van der Waals surface area contributed by atoms with Crippen molar-refractivity contribution in [3.8, 4) is 0 Å². The van der Waals surface area contributed by atoms with E-state index in [4.69, 9.17) is 4.74 Å². The fourth-order valence-electron chi connectivity index (χ4n) is 3.01. The summed E-state index contributed by atoms with van der Waals surface area (Å²) in [4.78, 5) is 16.8. The maximum atomic E-state index is 12.2. The molecule has 0 saturated heterocycles. The molecular formula is C18H22BrN5O2. The first-order valence-electron chi connectivity index (χ1n) is 8.69. The van der Waals surface area contributed by atoms with Gasteiger partial charge in [0.15, 0.2) is 5.65 Å². The molecule has 26 heavy (non-hydrogen) atoms. The van der Waals surface area contributed by atoms with Gasteiger partial charge in [-0.3, -0.25) is 5.32 Å². The molecular weight excluding hydrogens is 398 g/mol. The first-order valence-corrected chi connectivity index (χ1v) is 9.48. The first kappa shape index (κ1) is 18.4. The lowest BCUT2D eigenvalue weighted by Gasteiger charge is -2.23. The van der Waals surface area contributed by atoms with Crippen LogP contribution in [0.3, 0.4) is 0 Å². The Hall–Kier alpha value is -2.35. The van der Waals surface area contributed by atoms with Gasteiger partial charge in [-0.2, -0.15) is 9.61 Å². The van der Waals surface area contributed by atoms with Crippen molar-refractivity contribution in [2.24, 2.45) is 0 Å². The van der Waals surface area contributed by atoms with Crippen LogP contribution in [0.2, 0.25) is 0 Å². The maximum absolute atomic E-state index is 12.2. The van der Waals surface area contributed by atoms with Crippen molar-refractivity contribution in [1.82, 2.24) is 14.6 Å². The lowest BCUT2D eigenvalue weighted by atomic mass is 9.95. The number of carbonyl (C=O) groups is 1. The molecule has 3 rings (SSSR count). The first-order chi connectivity index (χ1) is 12.6. The van der Waals surface area contributed by atoms with Crippen LogP contribution in [0.25, 0.3) is 5.65 Å². The van der Waals surface area contributed by atoms with E-state index in [1.807, 2.05) is 0 Å². The zero-order valence-corrected chi connectivity index (χ0v) is 16.3. The summed E-state index contributed by atoms with van der Waals surface area (Å²) in [6.45, 7) is 5.38. The van der Waals surface area contributed by atoms with Gasteiger partial charge in [0, 0.05) is 12.1 Å². The highest BCUT2D eigenvalue weighted by Crippen LogP contribution is 2.25. The molecule has 8 heteroatoms. The van der Waals surface area contributed by atoms with E-state index in [1.54, 1.807) is 29.8 Å². The minimum absolute atomic E-state index is 0.384. The van der Waals surface area contributed by atoms with E-state index in [0.29, 0.717) is 29.1 Å². The van der Waals surface area contributed by atoms with Crippen LogP contribution in [0, 0.1) is 0 Å². The lowest BCUT2D eigenvalue weighted by Crippen LogP contribution is -2.23. The molecule has 2 N–H and O–H groups in total. The highest BCUT2D eigenvalue weighted by atomic mass is 79.9. The number of carbonyl (C=O) groups excluding carboxylic acids is 1. The molecule has 138 valence electrons. The summed E-state index contributed by atoms with van der Waals surface area (Å²) in [5.41, 5.74) is 0.621. The summed E-state index contributed by atoms with van der Waals surface area (Å²) in [5.74, 6) is 1.56. The number of nitrogens with one attached hydrogen (secondary N) is 2.